The predicted molar refractivity (Wildman–Crippen MR) is 75.1 cm³/mol. The lowest BCUT2D eigenvalue weighted by molar-refractivity contribution is -0.117. The highest BCUT2D eigenvalue weighted by Gasteiger charge is 2.34. The fourth-order valence-electron chi connectivity index (χ4n) is 2.58. The van der Waals surface area contributed by atoms with Crippen LogP contribution in [0.15, 0.2) is 0 Å². The zero-order chi connectivity index (χ0) is 14.6. The van der Waals surface area contributed by atoms with Crippen LogP contribution < -0.4 is 0 Å². The Balaban J connectivity index is 2.71. The van der Waals surface area contributed by atoms with E-state index < -0.39 is 5.60 Å². The number of carbonyl (C=O) groups excluding carboxylic acids is 2. The second-order valence-corrected chi connectivity index (χ2v) is 6.56. The Kier molecular flexibility index (Phi) is 5.39. The lowest BCUT2D eigenvalue weighted by Gasteiger charge is -2.41. The standard InChI is InChI=1S/C15H27NO3/c1-11-7-6-8-13(10-9-12(2)17)16(11)14(18)19-15(3,4)5/h11,13H,6-10H2,1-5H3/t11-,13+/m0/s1. The topological polar surface area (TPSA) is 46.6 Å². The Hall–Kier alpha value is -1.06. The molecular weight excluding hydrogens is 242 g/mol. The van der Waals surface area contributed by atoms with E-state index in [-0.39, 0.29) is 24.0 Å². The highest BCUT2D eigenvalue weighted by atomic mass is 16.6. The molecule has 0 spiro atoms. The molecule has 0 aliphatic carbocycles. The van der Waals surface area contributed by atoms with Gasteiger partial charge in [0.2, 0.25) is 0 Å². The molecule has 1 heterocycles. The number of nitrogens with zero attached hydrogens (tertiary/aromatic N) is 1. The molecule has 1 fully saturated rings. The normalized spacial score (nSPS) is 24.2. The third kappa shape index (κ3) is 5.21. The molecule has 1 rings (SSSR count). The van der Waals surface area contributed by atoms with E-state index in [1.54, 1.807) is 6.92 Å². The first-order valence-corrected chi connectivity index (χ1v) is 7.21. The summed E-state index contributed by atoms with van der Waals surface area (Å²) in [7, 11) is 0. The van der Waals surface area contributed by atoms with Crippen molar-refractivity contribution in [1.29, 1.82) is 0 Å². The van der Waals surface area contributed by atoms with E-state index in [1.807, 2.05) is 25.7 Å². The van der Waals surface area contributed by atoms with Gasteiger partial charge in [0.1, 0.15) is 11.4 Å². The van der Waals surface area contributed by atoms with E-state index in [0.717, 1.165) is 25.7 Å². The third-order valence-corrected chi connectivity index (χ3v) is 3.46. The molecule has 2 atom stereocenters. The molecule has 1 amide bonds. The molecule has 1 aliphatic heterocycles. The fraction of sp³-hybridized carbons (Fsp3) is 0.867. The second kappa shape index (κ2) is 6.40. The molecule has 0 saturated carbocycles. The van der Waals surface area contributed by atoms with Gasteiger partial charge in [0, 0.05) is 18.5 Å². The number of ketones is 1. The molecule has 4 nitrogen and oxygen atoms in total. The predicted octanol–water partition coefficient (Wildman–Crippen LogP) is 3.53. The van der Waals surface area contributed by atoms with Crippen molar-refractivity contribution >= 4 is 11.9 Å². The quantitative estimate of drug-likeness (QED) is 0.787. The minimum absolute atomic E-state index is 0.141. The summed E-state index contributed by atoms with van der Waals surface area (Å²) in [5.74, 6) is 0.183. The molecule has 0 N–H and O–H groups in total. The second-order valence-electron chi connectivity index (χ2n) is 6.56. The van der Waals surface area contributed by atoms with Crippen molar-refractivity contribution in [3.8, 4) is 0 Å². The summed E-state index contributed by atoms with van der Waals surface area (Å²) >= 11 is 0. The van der Waals surface area contributed by atoms with E-state index in [1.165, 1.54) is 0 Å². The lowest BCUT2D eigenvalue weighted by Crippen LogP contribution is -2.50. The maximum Gasteiger partial charge on any atom is 0.410 e. The zero-order valence-corrected chi connectivity index (χ0v) is 12.9. The number of ether oxygens (including phenoxy) is 1. The average molecular weight is 269 g/mol. The molecular formula is C15H27NO3. The van der Waals surface area contributed by atoms with Crippen molar-refractivity contribution in [2.45, 2.75) is 84.4 Å². The van der Waals surface area contributed by atoms with Crippen LogP contribution >= 0.6 is 0 Å². The SMILES string of the molecule is CC(=O)CC[C@H]1CCC[C@H](C)N1C(=O)OC(C)(C)C. The summed E-state index contributed by atoms with van der Waals surface area (Å²) in [4.78, 5) is 25.3. The number of carbonyl (C=O) groups is 2. The van der Waals surface area contributed by atoms with Gasteiger partial charge in [-0.15, -0.1) is 0 Å². The number of amides is 1. The van der Waals surface area contributed by atoms with Crippen LogP contribution in [0.2, 0.25) is 0 Å². The van der Waals surface area contributed by atoms with Gasteiger partial charge in [-0.3, -0.25) is 0 Å². The van der Waals surface area contributed by atoms with Gasteiger partial charge in [0.05, 0.1) is 0 Å². The molecule has 110 valence electrons. The molecule has 0 aromatic carbocycles. The van der Waals surface area contributed by atoms with Gasteiger partial charge in [0.15, 0.2) is 0 Å². The largest absolute Gasteiger partial charge is 0.444 e. The van der Waals surface area contributed by atoms with Crippen molar-refractivity contribution in [2.24, 2.45) is 0 Å². The molecule has 19 heavy (non-hydrogen) atoms. The van der Waals surface area contributed by atoms with Crippen molar-refractivity contribution in [2.75, 3.05) is 0 Å². The summed E-state index contributed by atoms with van der Waals surface area (Å²) in [6, 6.07) is 0.336. The van der Waals surface area contributed by atoms with Gasteiger partial charge in [-0.1, -0.05) is 0 Å². The Morgan fingerprint density at radius 2 is 1.89 bits per heavy atom. The number of rotatable bonds is 3. The molecule has 0 radical (unpaired) electrons. The van der Waals surface area contributed by atoms with E-state index in [4.69, 9.17) is 4.74 Å². The Morgan fingerprint density at radius 1 is 1.26 bits per heavy atom. The maximum absolute atomic E-state index is 12.3. The first-order valence-electron chi connectivity index (χ1n) is 7.21. The van der Waals surface area contributed by atoms with E-state index in [2.05, 4.69) is 6.92 Å². The summed E-state index contributed by atoms with van der Waals surface area (Å²) in [6.45, 7) is 9.30. The molecule has 0 aromatic rings. The number of piperidine rings is 1. The van der Waals surface area contributed by atoms with Crippen molar-refractivity contribution in [1.82, 2.24) is 4.90 Å². The molecule has 1 saturated heterocycles. The molecule has 1 aliphatic rings. The summed E-state index contributed by atoms with van der Waals surface area (Å²) in [5.41, 5.74) is -0.473. The summed E-state index contributed by atoms with van der Waals surface area (Å²) in [5, 5.41) is 0. The number of likely N-dealkylation sites (tertiary alicyclic amines) is 1. The molecule has 0 bridgehead atoms. The minimum Gasteiger partial charge on any atom is -0.444 e. The van der Waals surface area contributed by atoms with Crippen LogP contribution in [-0.2, 0) is 9.53 Å². The number of Topliss-reactive ketones (excluding diaryl/α,β-unsaturated/α-hetero) is 1. The Bertz CT molecular complexity index is 333. The van der Waals surface area contributed by atoms with Crippen LogP contribution in [0, 0.1) is 0 Å². The van der Waals surface area contributed by atoms with Gasteiger partial charge < -0.3 is 14.4 Å². The van der Waals surface area contributed by atoms with Gasteiger partial charge in [-0.25, -0.2) is 4.79 Å². The number of hydrogen-bond donors (Lipinski definition) is 0. The third-order valence-electron chi connectivity index (χ3n) is 3.46. The Labute approximate surface area is 116 Å². The highest BCUT2D eigenvalue weighted by molar-refractivity contribution is 5.75. The van der Waals surface area contributed by atoms with Crippen LogP contribution in [0.3, 0.4) is 0 Å². The van der Waals surface area contributed by atoms with Crippen LogP contribution in [0.5, 0.6) is 0 Å². The van der Waals surface area contributed by atoms with E-state index >= 15 is 0 Å². The van der Waals surface area contributed by atoms with Crippen LogP contribution in [0.4, 0.5) is 4.79 Å². The fourth-order valence-corrected chi connectivity index (χ4v) is 2.58. The van der Waals surface area contributed by atoms with E-state index in [9.17, 15) is 9.59 Å². The van der Waals surface area contributed by atoms with E-state index in [0.29, 0.717) is 6.42 Å². The van der Waals surface area contributed by atoms with Crippen LogP contribution in [0.1, 0.15) is 66.7 Å². The van der Waals surface area contributed by atoms with Gasteiger partial charge in [-0.05, 0) is 60.3 Å². The number of hydrogen-bond acceptors (Lipinski definition) is 3. The zero-order valence-electron chi connectivity index (χ0n) is 12.9. The monoisotopic (exact) mass is 269 g/mol. The smallest absolute Gasteiger partial charge is 0.410 e. The molecule has 0 aromatic heterocycles. The maximum atomic E-state index is 12.3. The highest BCUT2D eigenvalue weighted by Crippen LogP contribution is 2.27. The average Bonchev–Trinajstić information content (AvgIpc) is 2.23. The van der Waals surface area contributed by atoms with Crippen molar-refractivity contribution < 1.29 is 14.3 Å². The van der Waals surface area contributed by atoms with Crippen molar-refractivity contribution in [3.05, 3.63) is 0 Å². The Morgan fingerprint density at radius 3 is 2.42 bits per heavy atom. The van der Waals surface area contributed by atoms with Crippen LogP contribution in [-0.4, -0.2) is 34.5 Å². The van der Waals surface area contributed by atoms with Gasteiger partial charge >= 0.3 is 6.09 Å². The summed E-state index contributed by atoms with van der Waals surface area (Å²) in [6.07, 6.45) is 4.14. The first kappa shape index (κ1) is 16.0. The first-order chi connectivity index (χ1) is 8.70. The van der Waals surface area contributed by atoms with Crippen molar-refractivity contribution in [3.63, 3.8) is 0 Å². The minimum atomic E-state index is -0.473. The molecule has 0 unspecified atom stereocenters. The van der Waals surface area contributed by atoms with Gasteiger partial charge in [-0.2, -0.15) is 0 Å². The summed E-state index contributed by atoms with van der Waals surface area (Å²) < 4.78 is 5.49. The van der Waals surface area contributed by atoms with Crippen LogP contribution in [0.25, 0.3) is 0 Å². The van der Waals surface area contributed by atoms with Gasteiger partial charge in [0.25, 0.3) is 0 Å². The molecule has 4 heteroatoms. The lowest BCUT2D eigenvalue weighted by atomic mass is 9.93.